The number of carbonyl (C=O) groups excluding carboxylic acids is 1. The van der Waals surface area contributed by atoms with E-state index in [9.17, 15) is 13.2 Å². The molecule has 0 aliphatic rings. The van der Waals surface area contributed by atoms with Crippen LogP contribution < -0.4 is 14.4 Å². The van der Waals surface area contributed by atoms with Crippen molar-refractivity contribution in [1.29, 1.82) is 0 Å². The van der Waals surface area contributed by atoms with Gasteiger partial charge >= 0.3 is 0 Å². The fraction of sp³-hybridized carbons (Fsp3) is 0.381. The third-order valence-corrected chi connectivity index (χ3v) is 6.01. The lowest BCUT2D eigenvalue weighted by Gasteiger charge is -2.24. The molecular weight excluding hydrogens is 412 g/mol. The molecular formula is C21H27ClN2O4S. The number of ether oxygens (including phenoxy) is 1. The predicted octanol–water partition coefficient (Wildman–Crippen LogP) is 4.08. The maximum Gasteiger partial charge on any atom is 0.232 e. The summed E-state index contributed by atoms with van der Waals surface area (Å²) in [7, 11) is -1.89. The van der Waals surface area contributed by atoms with Gasteiger partial charge in [0.25, 0.3) is 0 Å². The highest BCUT2D eigenvalue weighted by atomic mass is 35.5. The largest absolute Gasteiger partial charge is 0.497 e. The predicted molar refractivity (Wildman–Crippen MR) is 117 cm³/mol. The van der Waals surface area contributed by atoms with Gasteiger partial charge in [-0.3, -0.25) is 9.10 Å². The molecule has 0 fully saturated rings. The van der Waals surface area contributed by atoms with Crippen molar-refractivity contribution in [3.05, 3.63) is 58.6 Å². The van der Waals surface area contributed by atoms with Crippen molar-refractivity contribution >= 4 is 33.2 Å². The molecule has 0 heterocycles. The molecule has 1 amide bonds. The highest BCUT2D eigenvalue weighted by Gasteiger charge is 2.20. The van der Waals surface area contributed by atoms with Crippen LogP contribution in [0.2, 0.25) is 5.02 Å². The maximum absolute atomic E-state index is 12.3. The molecule has 6 nitrogen and oxygen atoms in total. The molecule has 8 heteroatoms. The van der Waals surface area contributed by atoms with Crippen LogP contribution in [0.25, 0.3) is 0 Å². The lowest BCUT2D eigenvalue weighted by molar-refractivity contribution is -0.121. The number of nitrogens with zero attached hydrogens (tertiary/aromatic N) is 1. The van der Waals surface area contributed by atoms with Gasteiger partial charge in [-0.2, -0.15) is 0 Å². The zero-order chi connectivity index (χ0) is 21.6. The lowest BCUT2D eigenvalue weighted by atomic mass is 10.1. The normalized spacial score (nSPS) is 12.3. The second-order valence-corrected chi connectivity index (χ2v) is 9.28. The first-order valence-corrected chi connectivity index (χ1v) is 11.5. The Kier molecular flexibility index (Phi) is 7.93. The van der Waals surface area contributed by atoms with Crippen molar-refractivity contribution in [3.63, 3.8) is 0 Å². The summed E-state index contributed by atoms with van der Waals surface area (Å²) in [4.78, 5) is 12.3. The van der Waals surface area contributed by atoms with Gasteiger partial charge in [-0.1, -0.05) is 29.8 Å². The number of benzene rings is 2. The number of amides is 1. The van der Waals surface area contributed by atoms with Crippen molar-refractivity contribution in [3.8, 4) is 5.75 Å². The van der Waals surface area contributed by atoms with Crippen LogP contribution in [0, 0.1) is 6.92 Å². The van der Waals surface area contributed by atoms with Gasteiger partial charge in [-0.15, -0.1) is 0 Å². The van der Waals surface area contributed by atoms with Gasteiger partial charge in [0.05, 0.1) is 25.1 Å². The monoisotopic (exact) mass is 438 g/mol. The van der Waals surface area contributed by atoms with Crippen LogP contribution in [-0.4, -0.2) is 34.2 Å². The zero-order valence-electron chi connectivity index (χ0n) is 17.1. The van der Waals surface area contributed by atoms with Gasteiger partial charge in [-0.05, 0) is 55.7 Å². The summed E-state index contributed by atoms with van der Waals surface area (Å²) in [6.07, 6.45) is 1.76. The van der Waals surface area contributed by atoms with Gasteiger partial charge in [0, 0.05) is 18.0 Å². The van der Waals surface area contributed by atoms with Crippen molar-refractivity contribution in [2.45, 2.75) is 32.7 Å². The molecule has 0 aromatic heterocycles. The fourth-order valence-corrected chi connectivity index (χ4v) is 4.17. The van der Waals surface area contributed by atoms with E-state index in [2.05, 4.69) is 5.32 Å². The third kappa shape index (κ3) is 6.65. The number of aryl methyl sites for hydroxylation is 1. The summed E-state index contributed by atoms with van der Waals surface area (Å²) in [6.45, 7) is 3.93. The molecule has 0 radical (unpaired) electrons. The van der Waals surface area contributed by atoms with Crippen LogP contribution >= 0.6 is 11.6 Å². The molecule has 1 atom stereocenters. The maximum atomic E-state index is 12.3. The standard InChI is InChI=1S/C21H27ClN2O4S/c1-15-7-10-18(22)14-20(15)24(29(4,26)27)13-5-6-21(25)23-16(2)17-8-11-19(28-3)12-9-17/h7-12,14,16H,5-6,13H2,1-4H3,(H,23,25)/t16-/m0/s1. The number of halogens is 1. The van der Waals surface area contributed by atoms with Crippen molar-refractivity contribution in [2.75, 3.05) is 24.2 Å². The number of nitrogens with one attached hydrogen (secondary N) is 1. The number of anilines is 1. The molecule has 2 aromatic rings. The Morgan fingerprint density at radius 1 is 1.21 bits per heavy atom. The minimum absolute atomic E-state index is 0.135. The van der Waals surface area contributed by atoms with E-state index in [0.29, 0.717) is 17.1 Å². The van der Waals surface area contributed by atoms with Crippen LogP contribution in [-0.2, 0) is 14.8 Å². The second kappa shape index (κ2) is 9.98. The number of methoxy groups -OCH3 is 1. The van der Waals surface area contributed by atoms with E-state index in [0.717, 1.165) is 23.1 Å². The highest BCUT2D eigenvalue weighted by Crippen LogP contribution is 2.26. The molecule has 2 aromatic carbocycles. The molecule has 0 spiro atoms. The molecule has 0 aliphatic heterocycles. The van der Waals surface area contributed by atoms with Gasteiger partial charge in [-0.25, -0.2) is 8.42 Å². The van der Waals surface area contributed by atoms with Crippen LogP contribution in [0.3, 0.4) is 0 Å². The molecule has 1 N–H and O–H groups in total. The summed E-state index contributed by atoms with van der Waals surface area (Å²) in [5.74, 6) is 0.619. The van der Waals surface area contributed by atoms with E-state index in [4.69, 9.17) is 16.3 Å². The van der Waals surface area contributed by atoms with E-state index in [-0.39, 0.29) is 24.9 Å². The number of carbonyl (C=O) groups is 1. The minimum atomic E-state index is -3.50. The molecule has 158 valence electrons. The van der Waals surface area contributed by atoms with Crippen LogP contribution in [0.15, 0.2) is 42.5 Å². The summed E-state index contributed by atoms with van der Waals surface area (Å²) in [5.41, 5.74) is 2.30. The molecule has 2 rings (SSSR count). The molecule has 0 bridgehead atoms. The van der Waals surface area contributed by atoms with Crippen molar-refractivity contribution in [2.24, 2.45) is 0 Å². The Balaban J connectivity index is 1.96. The number of hydrogen-bond acceptors (Lipinski definition) is 4. The summed E-state index contributed by atoms with van der Waals surface area (Å²) < 4.78 is 31.0. The Hall–Kier alpha value is -2.25. The topological polar surface area (TPSA) is 75.7 Å². The van der Waals surface area contributed by atoms with Gasteiger partial charge in [0.15, 0.2) is 0 Å². The van der Waals surface area contributed by atoms with Crippen LogP contribution in [0.1, 0.15) is 36.9 Å². The second-order valence-electron chi connectivity index (χ2n) is 6.93. The minimum Gasteiger partial charge on any atom is -0.497 e. The fourth-order valence-electron chi connectivity index (χ4n) is 2.99. The Bertz CT molecular complexity index is 946. The van der Waals surface area contributed by atoms with Crippen LogP contribution in [0.4, 0.5) is 5.69 Å². The molecule has 29 heavy (non-hydrogen) atoms. The Morgan fingerprint density at radius 2 is 1.86 bits per heavy atom. The van der Waals surface area contributed by atoms with E-state index in [1.54, 1.807) is 25.3 Å². The highest BCUT2D eigenvalue weighted by molar-refractivity contribution is 7.92. The summed E-state index contributed by atoms with van der Waals surface area (Å²) >= 11 is 6.04. The number of rotatable bonds is 9. The molecule has 0 unspecified atom stereocenters. The molecule has 0 saturated heterocycles. The van der Waals surface area contributed by atoms with E-state index >= 15 is 0 Å². The molecule has 0 saturated carbocycles. The lowest BCUT2D eigenvalue weighted by Crippen LogP contribution is -2.33. The summed E-state index contributed by atoms with van der Waals surface area (Å²) in [5, 5.41) is 3.40. The Labute approximate surface area is 177 Å². The van der Waals surface area contributed by atoms with Crippen molar-refractivity contribution < 1.29 is 17.9 Å². The van der Waals surface area contributed by atoms with Gasteiger partial charge in [0.2, 0.25) is 15.9 Å². The van der Waals surface area contributed by atoms with Crippen molar-refractivity contribution in [1.82, 2.24) is 5.32 Å². The SMILES string of the molecule is COc1ccc([C@H](C)NC(=O)CCCN(c2cc(Cl)ccc2C)S(C)(=O)=O)cc1. The van der Waals surface area contributed by atoms with Gasteiger partial charge in [0.1, 0.15) is 5.75 Å². The third-order valence-electron chi connectivity index (χ3n) is 4.60. The zero-order valence-corrected chi connectivity index (χ0v) is 18.7. The Morgan fingerprint density at radius 3 is 2.45 bits per heavy atom. The number of sulfonamides is 1. The smallest absolute Gasteiger partial charge is 0.232 e. The number of hydrogen-bond donors (Lipinski definition) is 1. The van der Waals surface area contributed by atoms with Crippen LogP contribution in [0.5, 0.6) is 5.75 Å². The van der Waals surface area contributed by atoms with Gasteiger partial charge < -0.3 is 10.1 Å². The summed E-state index contributed by atoms with van der Waals surface area (Å²) in [6, 6.07) is 12.4. The quantitative estimate of drug-likeness (QED) is 0.640. The average Bonchev–Trinajstić information content (AvgIpc) is 2.66. The first kappa shape index (κ1) is 23.0. The average molecular weight is 439 g/mol. The van der Waals surface area contributed by atoms with E-state index in [1.807, 2.05) is 38.1 Å². The first-order chi connectivity index (χ1) is 13.6. The van der Waals surface area contributed by atoms with E-state index in [1.165, 1.54) is 4.31 Å². The van der Waals surface area contributed by atoms with E-state index < -0.39 is 10.0 Å². The molecule has 0 aliphatic carbocycles. The first-order valence-electron chi connectivity index (χ1n) is 9.29.